The minimum absolute atomic E-state index is 0. The van der Waals surface area contributed by atoms with Crippen LogP contribution >= 0.6 is 0 Å². The highest BCUT2D eigenvalue weighted by Crippen LogP contribution is 2.71. The molecule has 0 aromatic heterocycles. The number of rotatable bonds is 0. The summed E-state index contributed by atoms with van der Waals surface area (Å²) in [4.78, 5) is 2.00. The molecule has 0 aromatic carbocycles. The van der Waals surface area contributed by atoms with E-state index in [-0.39, 0.29) is 11.6 Å². The molecule has 0 aliphatic heterocycles. The molecule has 7 aliphatic rings. The smallest absolute Gasteiger partial charge is 0.0140 e. The predicted octanol–water partition coefficient (Wildman–Crippen LogP) is 2.84. The van der Waals surface area contributed by atoms with Crippen LogP contribution in [0, 0.1) is 47.3 Å². The first kappa shape index (κ1) is 16.3. The molecule has 7 saturated carbocycles. The third-order valence-corrected chi connectivity index (χ3v) is 6.93. The Morgan fingerprint density at radius 3 is 0.850 bits per heavy atom. The first-order valence-electron chi connectivity index (χ1n) is 8.24. The molecule has 118 valence electrons. The first-order valence-corrected chi connectivity index (χ1v) is 8.24. The Morgan fingerprint density at radius 2 is 0.700 bits per heavy atom. The van der Waals surface area contributed by atoms with Crippen molar-refractivity contribution in [2.75, 3.05) is 21.1 Å². The molecule has 0 spiro atoms. The second-order valence-electron chi connectivity index (χ2n) is 8.47. The summed E-state index contributed by atoms with van der Waals surface area (Å²) in [6.07, 6.45) is 9.93. The van der Waals surface area contributed by atoms with Gasteiger partial charge < -0.3 is 16.5 Å². The van der Waals surface area contributed by atoms with E-state index in [1.54, 1.807) is 38.5 Å². The fourth-order valence-electron chi connectivity index (χ4n) is 6.89. The molecular weight excluding hydrogens is 248 g/mol. The molecule has 0 aromatic rings. The summed E-state index contributed by atoms with van der Waals surface area (Å²) < 4.78 is 0. The molecule has 0 saturated heterocycles. The predicted molar refractivity (Wildman–Crippen MR) is 83.9 cm³/mol. The lowest BCUT2D eigenvalue weighted by Gasteiger charge is -2.69. The molecular formula is C17H34N2O. The van der Waals surface area contributed by atoms with Crippen LogP contribution in [0.1, 0.15) is 38.5 Å². The van der Waals surface area contributed by atoms with E-state index >= 15 is 0 Å². The molecule has 0 atom stereocenters. The van der Waals surface area contributed by atoms with Crippen LogP contribution in [0.4, 0.5) is 0 Å². The molecule has 7 fully saturated rings. The summed E-state index contributed by atoms with van der Waals surface area (Å²) in [5, 5.41) is 0. The van der Waals surface area contributed by atoms with Gasteiger partial charge >= 0.3 is 0 Å². The van der Waals surface area contributed by atoms with Gasteiger partial charge in [-0.05, 0) is 107 Å². The molecule has 5 N–H and O–H groups in total. The largest absolute Gasteiger partial charge is 0.412 e. The molecule has 0 amide bonds. The van der Waals surface area contributed by atoms with Gasteiger partial charge in [0.1, 0.15) is 0 Å². The fourth-order valence-corrected chi connectivity index (χ4v) is 6.89. The highest BCUT2D eigenvalue weighted by molar-refractivity contribution is 5.12. The third kappa shape index (κ3) is 2.22. The Labute approximate surface area is 124 Å². The Balaban J connectivity index is 0.000000223. The SMILES string of the molecule is C1C2CC3C4CC5CC(C14)C(C2)C3C5.CN(C)C.N.O. The van der Waals surface area contributed by atoms with Gasteiger partial charge in [-0.25, -0.2) is 0 Å². The zero-order valence-corrected chi connectivity index (χ0v) is 13.5. The fraction of sp³-hybridized carbons (Fsp3) is 1.00. The highest BCUT2D eigenvalue weighted by atomic mass is 16.0. The van der Waals surface area contributed by atoms with Crippen molar-refractivity contribution in [3.8, 4) is 0 Å². The van der Waals surface area contributed by atoms with Crippen LogP contribution in [-0.2, 0) is 0 Å². The molecule has 3 nitrogen and oxygen atoms in total. The molecule has 0 unspecified atom stereocenters. The van der Waals surface area contributed by atoms with Crippen molar-refractivity contribution in [2.24, 2.45) is 47.3 Å². The first-order chi connectivity index (χ1) is 8.63. The van der Waals surface area contributed by atoms with E-state index in [1.165, 1.54) is 47.3 Å². The maximum Gasteiger partial charge on any atom is -0.0140 e. The van der Waals surface area contributed by atoms with Crippen LogP contribution in [0.15, 0.2) is 0 Å². The van der Waals surface area contributed by atoms with Crippen LogP contribution in [0.2, 0.25) is 0 Å². The minimum Gasteiger partial charge on any atom is -0.412 e. The summed E-state index contributed by atoms with van der Waals surface area (Å²) >= 11 is 0. The average Bonchev–Trinajstić information content (AvgIpc) is 2.34. The van der Waals surface area contributed by atoms with Gasteiger partial charge in [-0.2, -0.15) is 0 Å². The zero-order chi connectivity index (χ0) is 12.4. The average molecular weight is 282 g/mol. The van der Waals surface area contributed by atoms with E-state index in [1.807, 2.05) is 26.0 Å². The molecule has 7 rings (SSSR count). The monoisotopic (exact) mass is 282 g/mol. The summed E-state index contributed by atoms with van der Waals surface area (Å²) in [5.41, 5.74) is 0. The summed E-state index contributed by atoms with van der Waals surface area (Å²) in [6, 6.07) is 0. The second-order valence-corrected chi connectivity index (χ2v) is 8.47. The van der Waals surface area contributed by atoms with Gasteiger partial charge in [0, 0.05) is 0 Å². The highest BCUT2D eigenvalue weighted by Gasteiger charge is 2.63. The summed E-state index contributed by atoms with van der Waals surface area (Å²) in [7, 11) is 6.00. The molecule has 20 heavy (non-hydrogen) atoms. The van der Waals surface area contributed by atoms with Gasteiger partial charge in [0.15, 0.2) is 0 Å². The minimum atomic E-state index is 0. The van der Waals surface area contributed by atoms with Crippen molar-refractivity contribution in [1.82, 2.24) is 11.1 Å². The topological polar surface area (TPSA) is 69.7 Å². The van der Waals surface area contributed by atoms with Gasteiger partial charge in [-0.15, -0.1) is 0 Å². The van der Waals surface area contributed by atoms with Crippen molar-refractivity contribution in [1.29, 1.82) is 0 Å². The van der Waals surface area contributed by atoms with E-state index in [0.29, 0.717) is 0 Å². The lowest BCUT2D eigenvalue weighted by Crippen LogP contribution is -2.62. The van der Waals surface area contributed by atoms with Crippen LogP contribution in [-0.4, -0.2) is 31.5 Å². The molecule has 8 bridgehead atoms. The summed E-state index contributed by atoms with van der Waals surface area (Å²) in [5.74, 6) is 9.74. The Hall–Kier alpha value is -0.120. The van der Waals surface area contributed by atoms with Crippen LogP contribution in [0.5, 0.6) is 0 Å². The standard InChI is InChI=1S/C14H20.C3H9N.H3N.H2O/c1-7-2-12-10-4-8-5-11(9(1)10)13(3-7)14(12)6-8;1-4(2)3;;/h7-14H,1-6H2;1-3H3;1H3;1H2. The summed E-state index contributed by atoms with van der Waals surface area (Å²) in [6.45, 7) is 0. The lowest BCUT2D eigenvalue weighted by atomic mass is 9.36. The number of hydrogen-bond donors (Lipinski definition) is 1. The second kappa shape index (κ2) is 5.58. The molecule has 7 aliphatic carbocycles. The maximum absolute atomic E-state index is 2.00. The van der Waals surface area contributed by atoms with Crippen molar-refractivity contribution < 1.29 is 5.48 Å². The van der Waals surface area contributed by atoms with Crippen molar-refractivity contribution in [3.63, 3.8) is 0 Å². The van der Waals surface area contributed by atoms with Gasteiger partial charge in [-0.3, -0.25) is 0 Å². The van der Waals surface area contributed by atoms with E-state index in [0.717, 1.165) is 0 Å². The molecule has 0 radical (unpaired) electrons. The Bertz CT molecular complexity index is 254. The van der Waals surface area contributed by atoms with E-state index in [9.17, 15) is 0 Å². The van der Waals surface area contributed by atoms with Gasteiger partial charge in [0.2, 0.25) is 0 Å². The van der Waals surface area contributed by atoms with E-state index < -0.39 is 0 Å². The van der Waals surface area contributed by atoms with E-state index in [2.05, 4.69) is 0 Å². The lowest BCUT2D eigenvalue weighted by molar-refractivity contribution is -0.202. The van der Waals surface area contributed by atoms with Crippen molar-refractivity contribution >= 4 is 0 Å². The maximum atomic E-state index is 2.00. The molecule has 3 heteroatoms. The normalized spacial score (nSPS) is 52.2. The molecule has 0 heterocycles. The van der Waals surface area contributed by atoms with Gasteiger partial charge in [0.05, 0.1) is 0 Å². The van der Waals surface area contributed by atoms with Crippen LogP contribution < -0.4 is 6.15 Å². The van der Waals surface area contributed by atoms with Gasteiger partial charge in [-0.1, -0.05) is 0 Å². The zero-order valence-electron chi connectivity index (χ0n) is 13.5. The van der Waals surface area contributed by atoms with Crippen molar-refractivity contribution in [3.05, 3.63) is 0 Å². The van der Waals surface area contributed by atoms with Crippen molar-refractivity contribution in [2.45, 2.75) is 38.5 Å². The van der Waals surface area contributed by atoms with E-state index in [4.69, 9.17) is 0 Å². The number of hydrogen-bond acceptors (Lipinski definition) is 2. The van der Waals surface area contributed by atoms with Gasteiger partial charge in [0.25, 0.3) is 0 Å². The quantitative estimate of drug-likeness (QED) is 0.742. The number of nitrogens with zero attached hydrogens (tertiary/aromatic N) is 1. The van der Waals surface area contributed by atoms with Crippen LogP contribution in [0.3, 0.4) is 0 Å². The van der Waals surface area contributed by atoms with Crippen LogP contribution in [0.25, 0.3) is 0 Å². The third-order valence-electron chi connectivity index (χ3n) is 6.93. The Kier molecular flexibility index (Phi) is 4.54. The Morgan fingerprint density at radius 1 is 0.550 bits per heavy atom.